The second-order valence-corrected chi connectivity index (χ2v) is 8.46. The van der Waals surface area contributed by atoms with Crippen LogP contribution in [0.5, 0.6) is 5.75 Å². The normalized spacial score (nSPS) is 14.9. The Morgan fingerprint density at radius 1 is 1.06 bits per heavy atom. The third-order valence-electron chi connectivity index (χ3n) is 5.35. The van der Waals surface area contributed by atoms with Gasteiger partial charge in [0.1, 0.15) is 16.4 Å². The summed E-state index contributed by atoms with van der Waals surface area (Å²) in [6.45, 7) is 2.10. The molecule has 0 atom stereocenters. The number of amides is 1. The van der Waals surface area contributed by atoms with Gasteiger partial charge in [-0.15, -0.1) is 11.3 Å². The fourth-order valence-electron chi connectivity index (χ4n) is 3.65. The number of methoxy groups -OCH3 is 1. The highest BCUT2D eigenvalue weighted by atomic mass is 32.1. The molecule has 1 fully saturated rings. The molecular formula is C23H22F3N3O2S. The highest BCUT2D eigenvalue weighted by molar-refractivity contribution is 7.17. The van der Waals surface area contributed by atoms with Crippen LogP contribution in [0, 0.1) is 0 Å². The van der Waals surface area contributed by atoms with E-state index in [0.29, 0.717) is 49.0 Å². The SMILES string of the molecule is COc1cc(-c2ccccc2)sc1C(=O)N1CCCN(c2ccc(C(F)(F)F)cn2)CC1. The molecule has 32 heavy (non-hydrogen) atoms. The lowest BCUT2D eigenvalue weighted by molar-refractivity contribution is -0.137. The van der Waals surface area contributed by atoms with E-state index in [9.17, 15) is 18.0 Å². The molecule has 9 heteroatoms. The number of hydrogen-bond donors (Lipinski definition) is 0. The lowest BCUT2D eigenvalue weighted by atomic mass is 10.2. The smallest absolute Gasteiger partial charge is 0.417 e. The van der Waals surface area contributed by atoms with Crippen LogP contribution >= 0.6 is 11.3 Å². The average molecular weight is 462 g/mol. The summed E-state index contributed by atoms with van der Waals surface area (Å²) in [5, 5.41) is 0. The summed E-state index contributed by atoms with van der Waals surface area (Å²) in [6, 6.07) is 14.1. The molecule has 0 radical (unpaired) electrons. The molecule has 3 heterocycles. The number of benzene rings is 1. The van der Waals surface area contributed by atoms with Crippen molar-refractivity contribution in [3.05, 3.63) is 65.2 Å². The van der Waals surface area contributed by atoms with E-state index in [1.165, 1.54) is 17.4 Å². The number of hydrogen-bond acceptors (Lipinski definition) is 5. The summed E-state index contributed by atoms with van der Waals surface area (Å²) >= 11 is 1.40. The van der Waals surface area contributed by atoms with Crippen molar-refractivity contribution in [1.82, 2.24) is 9.88 Å². The van der Waals surface area contributed by atoms with Crippen molar-refractivity contribution in [2.45, 2.75) is 12.6 Å². The number of alkyl halides is 3. The molecule has 0 unspecified atom stereocenters. The number of pyridine rings is 1. The Morgan fingerprint density at radius 2 is 1.84 bits per heavy atom. The van der Waals surface area contributed by atoms with Gasteiger partial charge in [-0.1, -0.05) is 30.3 Å². The summed E-state index contributed by atoms with van der Waals surface area (Å²) in [7, 11) is 1.55. The number of carbonyl (C=O) groups is 1. The van der Waals surface area contributed by atoms with E-state index in [4.69, 9.17) is 4.74 Å². The second-order valence-electron chi connectivity index (χ2n) is 7.41. The molecule has 168 valence electrons. The lowest BCUT2D eigenvalue weighted by Crippen LogP contribution is -2.35. The van der Waals surface area contributed by atoms with Crippen LogP contribution in [0.15, 0.2) is 54.7 Å². The van der Waals surface area contributed by atoms with Gasteiger partial charge in [0.05, 0.1) is 12.7 Å². The standard InChI is InChI=1S/C23H22F3N3O2S/c1-31-18-14-19(16-6-3-2-4-7-16)32-21(18)22(30)29-11-5-10-28(12-13-29)20-9-8-17(15-27-20)23(24,25)26/h2-4,6-9,14-15H,5,10-13H2,1H3. The Hall–Kier alpha value is -3.07. The van der Waals surface area contributed by atoms with Crippen LogP contribution in [0.3, 0.4) is 0 Å². The predicted octanol–water partition coefficient (Wildman–Crippen LogP) is 5.19. The molecular weight excluding hydrogens is 439 g/mol. The van der Waals surface area contributed by atoms with Crippen LogP contribution in [-0.4, -0.2) is 49.1 Å². The molecule has 1 amide bonds. The number of nitrogens with zero attached hydrogens (tertiary/aromatic N) is 3. The van der Waals surface area contributed by atoms with E-state index < -0.39 is 11.7 Å². The van der Waals surface area contributed by atoms with Crippen molar-refractivity contribution >= 4 is 23.1 Å². The molecule has 5 nitrogen and oxygen atoms in total. The molecule has 3 aromatic rings. The Balaban J connectivity index is 1.48. The van der Waals surface area contributed by atoms with Gasteiger partial charge in [-0.2, -0.15) is 13.2 Å². The number of halogens is 3. The zero-order valence-corrected chi connectivity index (χ0v) is 18.2. The summed E-state index contributed by atoms with van der Waals surface area (Å²) < 4.78 is 43.8. The minimum atomic E-state index is -4.41. The van der Waals surface area contributed by atoms with Crippen molar-refractivity contribution in [3.8, 4) is 16.2 Å². The van der Waals surface area contributed by atoms with Gasteiger partial charge in [-0.25, -0.2) is 4.98 Å². The van der Waals surface area contributed by atoms with E-state index in [1.54, 1.807) is 12.0 Å². The van der Waals surface area contributed by atoms with Gasteiger partial charge >= 0.3 is 6.18 Å². The topological polar surface area (TPSA) is 45.7 Å². The maximum absolute atomic E-state index is 13.3. The third-order valence-corrected chi connectivity index (χ3v) is 6.51. The first kappa shape index (κ1) is 22.1. The first-order valence-electron chi connectivity index (χ1n) is 10.2. The van der Waals surface area contributed by atoms with Crippen LogP contribution in [0.2, 0.25) is 0 Å². The molecule has 0 aliphatic carbocycles. The number of ether oxygens (including phenoxy) is 1. The molecule has 0 saturated carbocycles. The number of aromatic nitrogens is 1. The van der Waals surface area contributed by atoms with E-state index >= 15 is 0 Å². The predicted molar refractivity (Wildman–Crippen MR) is 118 cm³/mol. The summed E-state index contributed by atoms with van der Waals surface area (Å²) in [4.78, 5) is 22.4. The van der Waals surface area contributed by atoms with Crippen LogP contribution in [0.1, 0.15) is 21.7 Å². The minimum Gasteiger partial charge on any atom is -0.495 e. The first-order valence-corrected chi connectivity index (χ1v) is 11.0. The lowest BCUT2D eigenvalue weighted by Gasteiger charge is -2.23. The maximum Gasteiger partial charge on any atom is 0.417 e. The molecule has 1 saturated heterocycles. The van der Waals surface area contributed by atoms with Gasteiger partial charge in [0.2, 0.25) is 0 Å². The van der Waals surface area contributed by atoms with Crippen molar-refractivity contribution in [3.63, 3.8) is 0 Å². The van der Waals surface area contributed by atoms with E-state index in [1.807, 2.05) is 41.3 Å². The van der Waals surface area contributed by atoms with E-state index in [0.717, 1.165) is 22.7 Å². The van der Waals surface area contributed by atoms with Crippen LogP contribution in [0.4, 0.5) is 19.0 Å². The highest BCUT2D eigenvalue weighted by Gasteiger charge is 2.31. The first-order chi connectivity index (χ1) is 15.4. The quantitative estimate of drug-likeness (QED) is 0.537. The summed E-state index contributed by atoms with van der Waals surface area (Å²) in [5.74, 6) is 0.924. The zero-order valence-electron chi connectivity index (χ0n) is 17.4. The third kappa shape index (κ3) is 4.72. The fraction of sp³-hybridized carbons (Fsp3) is 0.304. The Labute approximate surface area is 188 Å². The molecule has 0 spiro atoms. The van der Waals surface area contributed by atoms with Gasteiger partial charge < -0.3 is 14.5 Å². The fourth-order valence-corrected chi connectivity index (χ4v) is 4.75. The number of rotatable bonds is 4. The van der Waals surface area contributed by atoms with Gasteiger partial charge in [0.15, 0.2) is 0 Å². The Kier molecular flexibility index (Phi) is 6.36. The summed E-state index contributed by atoms with van der Waals surface area (Å²) in [5.41, 5.74) is 0.247. The molecule has 0 N–H and O–H groups in total. The van der Waals surface area contributed by atoms with Crippen molar-refractivity contribution < 1.29 is 22.7 Å². The van der Waals surface area contributed by atoms with Crippen molar-refractivity contribution in [1.29, 1.82) is 0 Å². The van der Waals surface area contributed by atoms with Crippen LogP contribution in [0.25, 0.3) is 10.4 Å². The van der Waals surface area contributed by atoms with Crippen LogP contribution in [-0.2, 0) is 6.18 Å². The van der Waals surface area contributed by atoms with Gasteiger partial charge in [-0.3, -0.25) is 4.79 Å². The number of carbonyl (C=O) groups excluding carboxylic acids is 1. The van der Waals surface area contributed by atoms with Crippen molar-refractivity contribution in [2.75, 3.05) is 38.2 Å². The number of anilines is 1. The van der Waals surface area contributed by atoms with Gasteiger partial charge in [0, 0.05) is 37.3 Å². The highest BCUT2D eigenvalue weighted by Crippen LogP contribution is 2.37. The molecule has 0 bridgehead atoms. The summed E-state index contributed by atoms with van der Waals surface area (Å²) in [6.07, 6.45) is -2.87. The van der Waals surface area contributed by atoms with Gasteiger partial charge in [0.25, 0.3) is 5.91 Å². The Morgan fingerprint density at radius 3 is 2.50 bits per heavy atom. The van der Waals surface area contributed by atoms with E-state index in [2.05, 4.69) is 4.98 Å². The van der Waals surface area contributed by atoms with E-state index in [-0.39, 0.29) is 5.91 Å². The molecule has 1 aromatic carbocycles. The molecule has 1 aliphatic rings. The molecule has 1 aliphatic heterocycles. The maximum atomic E-state index is 13.3. The Bertz CT molecular complexity index is 1070. The second kappa shape index (κ2) is 9.20. The van der Waals surface area contributed by atoms with Crippen molar-refractivity contribution in [2.24, 2.45) is 0 Å². The molecule has 4 rings (SSSR count). The van der Waals surface area contributed by atoms with Gasteiger partial charge in [-0.05, 0) is 30.2 Å². The largest absolute Gasteiger partial charge is 0.495 e. The number of thiophene rings is 1. The monoisotopic (exact) mass is 461 g/mol. The molecule has 2 aromatic heterocycles. The zero-order chi connectivity index (χ0) is 22.7. The van der Waals surface area contributed by atoms with Crippen LogP contribution < -0.4 is 9.64 Å². The minimum absolute atomic E-state index is 0.101. The average Bonchev–Trinajstić information content (AvgIpc) is 3.08.